The molecule has 0 N–H and O–H groups in total. The van der Waals surface area contributed by atoms with Crippen LogP contribution in [0.3, 0.4) is 0 Å². The Morgan fingerprint density at radius 1 is 1.18 bits per heavy atom. The van der Waals surface area contributed by atoms with E-state index >= 15 is 0 Å². The fourth-order valence-electron chi connectivity index (χ4n) is 3.73. The minimum absolute atomic E-state index is 0.746. The van der Waals surface area contributed by atoms with Gasteiger partial charge in [-0.3, -0.25) is 9.80 Å². The molecule has 0 bridgehead atoms. The largest absolute Gasteiger partial charge is 0.379 e. The fraction of sp³-hybridized carbons (Fsp3) is 0.824. The zero-order valence-electron chi connectivity index (χ0n) is 13.9. The molecule has 0 saturated carbocycles. The molecule has 1 aromatic heterocycles. The van der Waals surface area contributed by atoms with Gasteiger partial charge in [-0.2, -0.15) is 0 Å². The second-order valence-corrected chi connectivity index (χ2v) is 6.62. The summed E-state index contributed by atoms with van der Waals surface area (Å²) in [5.74, 6) is 1.13. The van der Waals surface area contributed by atoms with E-state index in [-0.39, 0.29) is 0 Å². The second kappa shape index (κ2) is 8.09. The predicted molar refractivity (Wildman–Crippen MR) is 88.1 cm³/mol. The van der Waals surface area contributed by atoms with Gasteiger partial charge in [-0.25, -0.2) is 4.98 Å². The highest BCUT2D eigenvalue weighted by Crippen LogP contribution is 2.19. The molecule has 1 atom stereocenters. The molecule has 2 saturated heterocycles. The first-order chi connectivity index (χ1) is 10.8. The Morgan fingerprint density at radius 2 is 2.05 bits per heavy atom. The number of ether oxygens (including phenoxy) is 1. The van der Waals surface area contributed by atoms with Gasteiger partial charge < -0.3 is 9.30 Å². The van der Waals surface area contributed by atoms with Crippen molar-refractivity contribution in [2.24, 2.45) is 0 Å². The first-order valence-electron chi connectivity index (χ1n) is 8.85. The number of nitrogens with zero attached hydrogens (tertiary/aromatic N) is 4. The number of piperidine rings is 1. The van der Waals surface area contributed by atoms with E-state index in [1.54, 1.807) is 0 Å². The number of aromatic nitrogens is 2. The van der Waals surface area contributed by atoms with Gasteiger partial charge in [-0.1, -0.05) is 6.42 Å². The van der Waals surface area contributed by atoms with Crippen LogP contribution in [0.5, 0.6) is 0 Å². The average molecular weight is 306 g/mol. The fourth-order valence-corrected chi connectivity index (χ4v) is 3.73. The minimum atomic E-state index is 0.746. The lowest BCUT2D eigenvalue weighted by atomic mass is 10.0. The van der Waals surface area contributed by atoms with Gasteiger partial charge >= 0.3 is 0 Å². The molecule has 0 aliphatic carbocycles. The molecule has 3 heterocycles. The lowest BCUT2D eigenvalue weighted by molar-refractivity contribution is 0.0164. The quantitative estimate of drug-likeness (QED) is 0.802. The van der Waals surface area contributed by atoms with Crippen molar-refractivity contribution in [3.63, 3.8) is 0 Å². The molecular weight excluding hydrogens is 276 g/mol. The van der Waals surface area contributed by atoms with Gasteiger partial charge in [0.15, 0.2) is 0 Å². The van der Waals surface area contributed by atoms with E-state index in [4.69, 9.17) is 4.74 Å². The molecule has 2 aliphatic rings. The summed E-state index contributed by atoms with van der Waals surface area (Å²) in [5, 5.41) is 0. The minimum Gasteiger partial charge on any atom is -0.379 e. The van der Waals surface area contributed by atoms with E-state index in [1.807, 2.05) is 6.20 Å². The maximum atomic E-state index is 5.47. The van der Waals surface area contributed by atoms with Gasteiger partial charge in [-0.15, -0.1) is 0 Å². The lowest BCUT2D eigenvalue weighted by Crippen LogP contribution is -2.49. The van der Waals surface area contributed by atoms with Crippen molar-refractivity contribution in [3.8, 4) is 0 Å². The number of likely N-dealkylation sites (tertiary alicyclic amines) is 1. The second-order valence-electron chi connectivity index (χ2n) is 6.62. The maximum absolute atomic E-state index is 5.47. The zero-order valence-corrected chi connectivity index (χ0v) is 13.9. The molecule has 0 spiro atoms. The van der Waals surface area contributed by atoms with Gasteiger partial charge in [0, 0.05) is 51.2 Å². The average Bonchev–Trinajstić information content (AvgIpc) is 2.95. The van der Waals surface area contributed by atoms with E-state index in [9.17, 15) is 0 Å². The Hall–Kier alpha value is -0.910. The number of rotatable bonds is 6. The van der Waals surface area contributed by atoms with Crippen molar-refractivity contribution >= 4 is 0 Å². The number of hydrogen-bond donors (Lipinski definition) is 0. The van der Waals surface area contributed by atoms with Gasteiger partial charge in [0.05, 0.1) is 13.2 Å². The smallest absolute Gasteiger partial charge is 0.105 e. The van der Waals surface area contributed by atoms with Crippen LogP contribution in [0, 0.1) is 6.92 Å². The van der Waals surface area contributed by atoms with Crippen LogP contribution >= 0.6 is 0 Å². The molecular formula is C17H30N4O. The topological polar surface area (TPSA) is 33.5 Å². The van der Waals surface area contributed by atoms with Gasteiger partial charge in [0.1, 0.15) is 5.82 Å². The number of imidazole rings is 1. The molecule has 5 heteroatoms. The highest BCUT2D eigenvalue weighted by molar-refractivity contribution is 4.88. The molecule has 0 amide bonds. The van der Waals surface area contributed by atoms with E-state index < -0.39 is 0 Å². The van der Waals surface area contributed by atoms with Crippen molar-refractivity contribution in [1.29, 1.82) is 0 Å². The third-order valence-corrected chi connectivity index (χ3v) is 5.09. The summed E-state index contributed by atoms with van der Waals surface area (Å²) in [5.41, 5.74) is 0. The highest BCUT2D eigenvalue weighted by Gasteiger charge is 2.24. The lowest BCUT2D eigenvalue weighted by Gasteiger charge is -2.39. The Bertz CT molecular complexity index is 442. The molecule has 0 aromatic carbocycles. The third-order valence-electron chi connectivity index (χ3n) is 5.09. The molecule has 22 heavy (non-hydrogen) atoms. The third kappa shape index (κ3) is 4.31. The van der Waals surface area contributed by atoms with E-state index in [0.717, 1.165) is 44.7 Å². The molecule has 5 nitrogen and oxygen atoms in total. The summed E-state index contributed by atoms with van der Waals surface area (Å²) < 4.78 is 7.73. The van der Waals surface area contributed by atoms with Crippen LogP contribution < -0.4 is 0 Å². The van der Waals surface area contributed by atoms with E-state index in [2.05, 4.69) is 32.5 Å². The van der Waals surface area contributed by atoms with Gasteiger partial charge in [0.25, 0.3) is 0 Å². The van der Waals surface area contributed by atoms with Crippen LogP contribution in [0.2, 0.25) is 0 Å². The monoisotopic (exact) mass is 306 g/mol. The molecule has 124 valence electrons. The summed E-state index contributed by atoms with van der Waals surface area (Å²) >= 11 is 0. The Kier molecular flexibility index (Phi) is 5.87. The summed E-state index contributed by atoms with van der Waals surface area (Å²) in [7, 11) is 0. The van der Waals surface area contributed by atoms with Crippen molar-refractivity contribution < 1.29 is 4.74 Å². The molecule has 3 rings (SSSR count). The number of aryl methyl sites for hydroxylation is 2. The summed E-state index contributed by atoms with van der Waals surface area (Å²) in [6.07, 6.45) is 9.34. The van der Waals surface area contributed by atoms with Crippen LogP contribution in [0.4, 0.5) is 0 Å². The van der Waals surface area contributed by atoms with Crippen molar-refractivity contribution in [2.45, 2.75) is 45.2 Å². The molecule has 2 fully saturated rings. The van der Waals surface area contributed by atoms with Crippen LogP contribution in [0.15, 0.2) is 12.4 Å². The van der Waals surface area contributed by atoms with E-state index in [1.165, 1.54) is 45.3 Å². The van der Waals surface area contributed by atoms with Crippen molar-refractivity contribution in [1.82, 2.24) is 19.4 Å². The Labute approximate surface area is 134 Å². The maximum Gasteiger partial charge on any atom is 0.105 e. The predicted octanol–water partition coefficient (Wildman–Crippen LogP) is 1.77. The normalized spacial score (nSPS) is 24.7. The summed E-state index contributed by atoms with van der Waals surface area (Å²) in [6.45, 7) is 10.9. The van der Waals surface area contributed by atoms with Crippen LogP contribution in [-0.4, -0.2) is 71.3 Å². The van der Waals surface area contributed by atoms with E-state index in [0.29, 0.717) is 0 Å². The van der Waals surface area contributed by atoms with Crippen LogP contribution in [0.25, 0.3) is 0 Å². The van der Waals surface area contributed by atoms with Gasteiger partial charge in [0.2, 0.25) is 0 Å². The number of morpholine rings is 1. The first-order valence-corrected chi connectivity index (χ1v) is 8.85. The molecule has 0 unspecified atom stereocenters. The highest BCUT2D eigenvalue weighted by atomic mass is 16.5. The zero-order chi connectivity index (χ0) is 15.2. The molecule has 0 radical (unpaired) electrons. The summed E-state index contributed by atoms with van der Waals surface area (Å²) in [4.78, 5) is 9.62. The van der Waals surface area contributed by atoms with Gasteiger partial charge in [-0.05, 0) is 32.7 Å². The SMILES string of the molecule is Cc1nccn1CCCN1CCCC[C@@H]1CN1CCOCC1. The summed E-state index contributed by atoms with van der Waals surface area (Å²) in [6, 6.07) is 0.746. The standard InChI is InChI=1S/C17H30N4O/c1-16-18-6-10-20(16)8-4-9-21-7-3-2-5-17(21)15-19-11-13-22-14-12-19/h6,10,17H,2-5,7-9,11-15H2,1H3/t17-/m1/s1. The van der Waals surface area contributed by atoms with Crippen molar-refractivity contribution in [2.75, 3.05) is 45.9 Å². The number of hydrogen-bond acceptors (Lipinski definition) is 4. The molecule has 2 aliphatic heterocycles. The molecule has 1 aromatic rings. The van der Waals surface area contributed by atoms with Crippen LogP contribution in [-0.2, 0) is 11.3 Å². The Balaban J connectivity index is 1.46. The van der Waals surface area contributed by atoms with Crippen LogP contribution in [0.1, 0.15) is 31.5 Å². The van der Waals surface area contributed by atoms with Crippen molar-refractivity contribution in [3.05, 3.63) is 18.2 Å². The Morgan fingerprint density at radius 3 is 2.82 bits per heavy atom. The first kappa shape index (κ1) is 16.0.